The molecular weight excluding hydrogens is 328 g/mol. The maximum atomic E-state index is 12.3. The molecule has 0 aliphatic carbocycles. The van der Waals surface area contributed by atoms with Crippen molar-refractivity contribution < 1.29 is 14.3 Å². The molecule has 2 amide bonds. The molecule has 1 fully saturated rings. The van der Waals surface area contributed by atoms with Crippen molar-refractivity contribution in [1.82, 2.24) is 9.80 Å². The number of benzene rings is 1. The first-order chi connectivity index (χ1) is 12.3. The molecular formula is C21H30N2O3. The molecule has 1 spiro atoms. The zero-order valence-corrected chi connectivity index (χ0v) is 16.3. The van der Waals surface area contributed by atoms with Gasteiger partial charge in [0.15, 0.2) is 0 Å². The zero-order valence-electron chi connectivity index (χ0n) is 16.3. The molecule has 1 saturated heterocycles. The third-order valence-electron chi connectivity index (χ3n) is 5.70. The predicted octanol–water partition coefficient (Wildman–Crippen LogP) is 3.05. The van der Waals surface area contributed by atoms with E-state index in [1.54, 1.807) is 19.0 Å². The van der Waals surface area contributed by atoms with E-state index in [1.165, 1.54) is 0 Å². The molecule has 142 valence electrons. The van der Waals surface area contributed by atoms with Gasteiger partial charge in [-0.3, -0.25) is 9.59 Å². The lowest BCUT2D eigenvalue weighted by Crippen LogP contribution is -2.52. The predicted molar refractivity (Wildman–Crippen MR) is 101 cm³/mol. The molecule has 1 aromatic carbocycles. The molecule has 2 aliphatic heterocycles. The number of piperidine rings is 1. The second kappa shape index (κ2) is 7.29. The van der Waals surface area contributed by atoms with Gasteiger partial charge in [-0.1, -0.05) is 32.0 Å². The third kappa shape index (κ3) is 3.71. The Bertz CT molecular complexity index is 676. The van der Waals surface area contributed by atoms with Crippen LogP contribution < -0.4 is 4.74 Å². The minimum absolute atomic E-state index is 0.0301. The summed E-state index contributed by atoms with van der Waals surface area (Å²) in [4.78, 5) is 28.2. The van der Waals surface area contributed by atoms with E-state index in [4.69, 9.17) is 4.74 Å². The van der Waals surface area contributed by atoms with Gasteiger partial charge in [-0.2, -0.15) is 0 Å². The Hall–Kier alpha value is -2.04. The van der Waals surface area contributed by atoms with E-state index in [0.717, 1.165) is 43.7 Å². The fourth-order valence-corrected chi connectivity index (χ4v) is 4.13. The quantitative estimate of drug-likeness (QED) is 0.834. The molecule has 0 bridgehead atoms. The Balaban J connectivity index is 1.78. The molecule has 5 nitrogen and oxygen atoms in total. The number of carbonyl (C=O) groups excluding carboxylic acids is 2. The van der Waals surface area contributed by atoms with Gasteiger partial charge in [-0.05, 0) is 18.1 Å². The first-order valence-electron chi connectivity index (χ1n) is 9.58. The first kappa shape index (κ1) is 18.7. The molecule has 0 aromatic heterocycles. The van der Waals surface area contributed by atoms with Gasteiger partial charge in [0, 0.05) is 58.3 Å². The highest BCUT2D eigenvalue weighted by molar-refractivity contribution is 5.78. The standard InChI is InChI=1S/C21H30N2O3/c1-15(2)20(25)23-11-9-21(10-12-23)14-16(13-19(24)22(3)4)17-7-5-6-8-18(17)26-21/h5-8,15-16H,9-14H2,1-4H3. The van der Waals surface area contributed by atoms with Crippen LogP contribution in [0.2, 0.25) is 0 Å². The summed E-state index contributed by atoms with van der Waals surface area (Å²) in [6.07, 6.45) is 3.00. The van der Waals surface area contributed by atoms with Gasteiger partial charge < -0.3 is 14.5 Å². The summed E-state index contributed by atoms with van der Waals surface area (Å²) in [6, 6.07) is 8.08. The molecule has 5 heteroatoms. The van der Waals surface area contributed by atoms with Gasteiger partial charge in [-0.15, -0.1) is 0 Å². The molecule has 2 heterocycles. The van der Waals surface area contributed by atoms with Crippen LogP contribution in [0.5, 0.6) is 5.75 Å². The van der Waals surface area contributed by atoms with Gasteiger partial charge >= 0.3 is 0 Å². The number of ether oxygens (including phenoxy) is 1. The number of para-hydroxylation sites is 1. The molecule has 0 radical (unpaired) electrons. The fraction of sp³-hybridized carbons (Fsp3) is 0.619. The minimum atomic E-state index is -0.265. The lowest BCUT2D eigenvalue weighted by Gasteiger charge is -2.47. The molecule has 1 atom stereocenters. The Morgan fingerprint density at radius 1 is 1.23 bits per heavy atom. The maximum Gasteiger partial charge on any atom is 0.225 e. The van der Waals surface area contributed by atoms with E-state index in [-0.39, 0.29) is 29.3 Å². The first-order valence-corrected chi connectivity index (χ1v) is 9.58. The van der Waals surface area contributed by atoms with Crippen molar-refractivity contribution in [1.29, 1.82) is 0 Å². The number of fused-ring (bicyclic) bond motifs is 1. The van der Waals surface area contributed by atoms with Gasteiger partial charge in [0.1, 0.15) is 11.4 Å². The van der Waals surface area contributed by atoms with Crippen LogP contribution in [-0.2, 0) is 9.59 Å². The van der Waals surface area contributed by atoms with E-state index in [9.17, 15) is 9.59 Å². The molecule has 3 rings (SSSR count). The van der Waals surface area contributed by atoms with Crippen molar-refractivity contribution in [2.45, 2.75) is 51.0 Å². The Kier molecular flexibility index (Phi) is 5.26. The van der Waals surface area contributed by atoms with Crippen molar-refractivity contribution >= 4 is 11.8 Å². The van der Waals surface area contributed by atoms with Gasteiger partial charge in [0.05, 0.1) is 0 Å². The number of hydrogen-bond acceptors (Lipinski definition) is 3. The lowest BCUT2D eigenvalue weighted by atomic mass is 9.76. The molecule has 26 heavy (non-hydrogen) atoms. The van der Waals surface area contributed by atoms with Crippen molar-refractivity contribution in [3.8, 4) is 5.75 Å². The van der Waals surface area contributed by atoms with E-state index in [1.807, 2.05) is 36.9 Å². The number of amides is 2. The highest BCUT2D eigenvalue weighted by Crippen LogP contribution is 2.46. The lowest BCUT2D eigenvalue weighted by molar-refractivity contribution is -0.138. The van der Waals surface area contributed by atoms with Crippen molar-refractivity contribution in [2.24, 2.45) is 5.92 Å². The number of nitrogens with zero attached hydrogens (tertiary/aromatic N) is 2. The Labute approximate surface area is 156 Å². The smallest absolute Gasteiger partial charge is 0.225 e. The Morgan fingerprint density at radius 3 is 2.50 bits per heavy atom. The van der Waals surface area contributed by atoms with Crippen LogP contribution in [0, 0.1) is 5.92 Å². The number of rotatable bonds is 3. The Morgan fingerprint density at radius 2 is 1.88 bits per heavy atom. The van der Waals surface area contributed by atoms with Crippen LogP contribution in [0.15, 0.2) is 24.3 Å². The summed E-state index contributed by atoms with van der Waals surface area (Å²) in [5.41, 5.74) is 0.869. The van der Waals surface area contributed by atoms with Crippen molar-refractivity contribution in [3.63, 3.8) is 0 Å². The van der Waals surface area contributed by atoms with Gasteiger partial charge in [0.2, 0.25) is 11.8 Å². The molecule has 1 unspecified atom stereocenters. The SMILES string of the molecule is CC(C)C(=O)N1CCC2(CC1)CC(CC(=O)N(C)C)c1ccccc1O2. The van der Waals surface area contributed by atoms with E-state index in [0.29, 0.717) is 6.42 Å². The van der Waals surface area contributed by atoms with Crippen LogP contribution in [0.3, 0.4) is 0 Å². The summed E-state index contributed by atoms with van der Waals surface area (Å²) < 4.78 is 6.46. The maximum absolute atomic E-state index is 12.3. The molecule has 2 aliphatic rings. The van der Waals surface area contributed by atoms with Gasteiger partial charge in [0.25, 0.3) is 0 Å². The average Bonchev–Trinajstić information content (AvgIpc) is 2.61. The second-order valence-electron chi connectivity index (χ2n) is 8.20. The normalized spacial score (nSPS) is 21.3. The van der Waals surface area contributed by atoms with Crippen LogP contribution in [0.1, 0.15) is 51.0 Å². The number of carbonyl (C=O) groups is 2. The zero-order chi connectivity index (χ0) is 18.9. The van der Waals surface area contributed by atoms with Crippen LogP contribution >= 0.6 is 0 Å². The average molecular weight is 358 g/mol. The van der Waals surface area contributed by atoms with Crippen LogP contribution in [-0.4, -0.2) is 54.4 Å². The van der Waals surface area contributed by atoms with Crippen molar-refractivity contribution in [3.05, 3.63) is 29.8 Å². The number of hydrogen-bond donors (Lipinski definition) is 0. The summed E-state index contributed by atoms with van der Waals surface area (Å²) in [5, 5.41) is 0. The molecule has 1 aromatic rings. The fourth-order valence-electron chi connectivity index (χ4n) is 4.13. The summed E-state index contributed by atoms with van der Waals surface area (Å²) in [5.74, 6) is 1.47. The molecule has 0 saturated carbocycles. The van der Waals surface area contributed by atoms with Crippen molar-refractivity contribution in [2.75, 3.05) is 27.2 Å². The minimum Gasteiger partial charge on any atom is -0.487 e. The summed E-state index contributed by atoms with van der Waals surface area (Å²) in [6.45, 7) is 5.35. The van der Waals surface area contributed by atoms with E-state index >= 15 is 0 Å². The molecule has 0 N–H and O–H groups in total. The topological polar surface area (TPSA) is 49.9 Å². The van der Waals surface area contributed by atoms with E-state index < -0.39 is 0 Å². The second-order valence-corrected chi connectivity index (χ2v) is 8.20. The third-order valence-corrected chi connectivity index (χ3v) is 5.70. The van der Waals surface area contributed by atoms with Crippen LogP contribution in [0.4, 0.5) is 0 Å². The monoisotopic (exact) mass is 358 g/mol. The van der Waals surface area contributed by atoms with Gasteiger partial charge in [-0.25, -0.2) is 0 Å². The van der Waals surface area contributed by atoms with Crippen LogP contribution in [0.25, 0.3) is 0 Å². The summed E-state index contributed by atoms with van der Waals surface area (Å²) in [7, 11) is 3.61. The number of likely N-dealkylation sites (tertiary alicyclic amines) is 1. The largest absolute Gasteiger partial charge is 0.487 e. The highest BCUT2D eigenvalue weighted by Gasteiger charge is 2.44. The highest BCUT2D eigenvalue weighted by atomic mass is 16.5. The van der Waals surface area contributed by atoms with E-state index in [2.05, 4.69) is 6.07 Å². The summed E-state index contributed by atoms with van der Waals surface area (Å²) >= 11 is 0.